The Kier molecular flexibility index (Phi) is 4.99. The molecule has 0 radical (unpaired) electrons. The Balaban J connectivity index is 1.81. The van der Waals surface area contributed by atoms with Crippen molar-refractivity contribution >= 4 is 32.6 Å². The average Bonchev–Trinajstić information content (AvgIpc) is 2.60. The monoisotopic (exact) mass is 400 g/mol. The highest BCUT2D eigenvalue weighted by Gasteiger charge is 2.17. The molecule has 0 aliphatic carbocycles. The molecule has 0 fully saturated rings. The summed E-state index contributed by atoms with van der Waals surface area (Å²) in [6, 6.07) is 13.1. The largest absolute Gasteiger partial charge is 0.423 e. The van der Waals surface area contributed by atoms with Crippen molar-refractivity contribution in [3.8, 4) is 0 Å². The van der Waals surface area contributed by atoms with Gasteiger partial charge in [-0.3, -0.25) is 9.52 Å². The first-order valence-corrected chi connectivity index (χ1v) is 10.0. The second-order valence-electron chi connectivity index (χ2n) is 7.34. The molecule has 146 valence electrons. The van der Waals surface area contributed by atoms with E-state index in [0.717, 1.165) is 0 Å². The zero-order valence-electron chi connectivity index (χ0n) is 15.6. The predicted molar refractivity (Wildman–Crippen MR) is 107 cm³/mol. The number of anilines is 1. The zero-order valence-corrected chi connectivity index (χ0v) is 16.5. The van der Waals surface area contributed by atoms with Crippen LogP contribution in [0.15, 0.2) is 68.7 Å². The van der Waals surface area contributed by atoms with Crippen LogP contribution in [0.5, 0.6) is 0 Å². The average molecular weight is 400 g/mol. The first-order valence-electron chi connectivity index (χ1n) is 8.53. The van der Waals surface area contributed by atoms with Crippen molar-refractivity contribution < 1.29 is 17.6 Å². The summed E-state index contributed by atoms with van der Waals surface area (Å²) in [7, 11) is -3.85. The Hall–Kier alpha value is -3.13. The van der Waals surface area contributed by atoms with Crippen LogP contribution in [0.3, 0.4) is 0 Å². The van der Waals surface area contributed by atoms with Gasteiger partial charge >= 0.3 is 5.63 Å². The Bertz CT molecular complexity index is 1190. The van der Waals surface area contributed by atoms with Gasteiger partial charge in [-0.15, -0.1) is 0 Å². The molecule has 3 aromatic rings. The second kappa shape index (κ2) is 7.12. The van der Waals surface area contributed by atoms with Crippen LogP contribution in [0, 0.1) is 0 Å². The van der Waals surface area contributed by atoms with Gasteiger partial charge in [0.25, 0.3) is 15.9 Å². The molecule has 8 heteroatoms. The van der Waals surface area contributed by atoms with Gasteiger partial charge in [0.15, 0.2) is 0 Å². The lowest BCUT2D eigenvalue weighted by Gasteiger charge is -2.20. The number of benzene rings is 2. The highest BCUT2D eigenvalue weighted by molar-refractivity contribution is 7.92. The van der Waals surface area contributed by atoms with Crippen LogP contribution in [-0.4, -0.2) is 19.9 Å². The van der Waals surface area contributed by atoms with E-state index >= 15 is 0 Å². The number of amides is 1. The lowest BCUT2D eigenvalue weighted by Crippen LogP contribution is -2.40. The van der Waals surface area contributed by atoms with Crippen molar-refractivity contribution in [1.29, 1.82) is 0 Å². The number of hydrogen-bond donors (Lipinski definition) is 2. The molecule has 0 aliphatic heterocycles. The third-order valence-corrected chi connectivity index (χ3v) is 5.17. The maximum absolute atomic E-state index is 12.6. The standard InChI is InChI=1S/C20H20N2O5S/c1-20(2,3)21-19(24)13-4-7-15(8-5-13)22-28(25,26)16-9-10-17-14(12-16)6-11-18(23)27-17/h4-12,22H,1-3H3,(H,21,24). The van der Waals surface area contributed by atoms with Gasteiger partial charge in [0.2, 0.25) is 0 Å². The fourth-order valence-electron chi connectivity index (χ4n) is 2.53. The van der Waals surface area contributed by atoms with E-state index in [0.29, 0.717) is 22.2 Å². The number of sulfonamides is 1. The number of nitrogens with one attached hydrogen (secondary N) is 2. The molecule has 0 atom stereocenters. The molecule has 0 saturated carbocycles. The van der Waals surface area contributed by atoms with Gasteiger partial charge < -0.3 is 9.73 Å². The lowest BCUT2D eigenvalue weighted by atomic mass is 10.1. The molecule has 0 aliphatic rings. The van der Waals surface area contributed by atoms with E-state index < -0.39 is 15.6 Å². The molecule has 1 aromatic heterocycles. The van der Waals surface area contributed by atoms with Gasteiger partial charge in [-0.2, -0.15) is 0 Å². The Morgan fingerprint density at radius 3 is 2.29 bits per heavy atom. The summed E-state index contributed by atoms with van der Waals surface area (Å²) in [5.74, 6) is -0.238. The van der Waals surface area contributed by atoms with Crippen LogP contribution in [0.1, 0.15) is 31.1 Å². The van der Waals surface area contributed by atoms with Gasteiger partial charge in [-0.25, -0.2) is 13.2 Å². The molecule has 0 unspecified atom stereocenters. The molecule has 28 heavy (non-hydrogen) atoms. The van der Waals surface area contributed by atoms with E-state index in [-0.39, 0.29) is 16.3 Å². The summed E-state index contributed by atoms with van der Waals surface area (Å²) in [5, 5.41) is 3.34. The maximum atomic E-state index is 12.6. The maximum Gasteiger partial charge on any atom is 0.336 e. The smallest absolute Gasteiger partial charge is 0.336 e. The van der Waals surface area contributed by atoms with Crippen LogP contribution >= 0.6 is 0 Å². The van der Waals surface area contributed by atoms with Gasteiger partial charge in [0, 0.05) is 28.2 Å². The van der Waals surface area contributed by atoms with E-state index in [1.807, 2.05) is 20.8 Å². The van der Waals surface area contributed by atoms with Gasteiger partial charge in [-0.05, 0) is 69.3 Å². The van der Waals surface area contributed by atoms with E-state index in [1.54, 1.807) is 12.1 Å². The second-order valence-corrected chi connectivity index (χ2v) is 9.02. The van der Waals surface area contributed by atoms with Crippen LogP contribution in [0.4, 0.5) is 5.69 Å². The summed E-state index contributed by atoms with van der Waals surface area (Å²) < 4.78 is 32.8. The van der Waals surface area contributed by atoms with E-state index in [2.05, 4.69) is 10.0 Å². The molecule has 7 nitrogen and oxygen atoms in total. The van der Waals surface area contributed by atoms with Crippen molar-refractivity contribution in [2.24, 2.45) is 0 Å². The highest BCUT2D eigenvalue weighted by atomic mass is 32.2. The summed E-state index contributed by atoms with van der Waals surface area (Å²) in [5.41, 5.74) is 0.190. The first-order chi connectivity index (χ1) is 13.0. The number of hydrogen-bond acceptors (Lipinski definition) is 5. The predicted octanol–water partition coefficient (Wildman–Crippen LogP) is 3.12. The highest BCUT2D eigenvalue weighted by Crippen LogP contribution is 2.21. The minimum absolute atomic E-state index is 0.0309. The summed E-state index contributed by atoms with van der Waals surface area (Å²) >= 11 is 0. The Labute approximate surface area is 162 Å². The SMILES string of the molecule is CC(C)(C)NC(=O)c1ccc(NS(=O)(=O)c2ccc3oc(=O)ccc3c2)cc1. The van der Waals surface area contributed by atoms with Crippen molar-refractivity contribution in [1.82, 2.24) is 5.32 Å². The number of carbonyl (C=O) groups excluding carboxylic acids is 1. The Morgan fingerprint density at radius 1 is 0.964 bits per heavy atom. The zero-order chi connectivity index (χ0) is 20.5. The van der Waals surface area contributed by atoms with Gasteiger partial charge in [0.05, 0.1) is 4.90 Å². The third-order valence-electron chi connectivity index (χ3n) is 3.79. The van der Waals surface area contributed by atoms with Crippen LogP contribution in [0.2, 0.25) is 0 Å². The third kappa shape index (κ3) is 4.58. The normalized spacial score (nSPS) is 12.0. The van der Waals surface area contributed by atoms with Crippen molar-refractivity contribution in [3.63, 3.8) is 0 Å². The van der Waals surface area contributed by atoms with E-state index in [9.17, 15) is 18.0 Å². The minimum Gasteiger partial charge on any atom is -0.423 e. The molecule has 2 aromatic carbocycles. The van der Waals surface area contributed by atoms with Gasteiger partial charge in [0.1, 0.15) is 5.58 Å². The number of fused-ring (bicyclic) bond motifs is 1. The first kappa shape index (κ1) is 19.6. The fraction of sp³-hybridized carbons (Fsp3) is 0.200. The van der Waals surface area contributed by atoms with E-state index in [1.165, 1.54) is 42.5 Å². The lowest BCUT2D eigenvalue weighted by molar-refractivity contribution is 0.0919. The number of carbonyl (C=O) groups is 1. The summed E-state index contributed by atoms with van der Waals surface area (Å²) in [6.07, 6.45) is 0. The Morgan fingerprint density at radius 2 is 1.64 bits per heavy atom. The molecule has 1 heterocycles. The summed E-state index contributed by atoms with van der Waals surface area (Å²) in [4.78, 5) is 23.4. The fourth-order valence-corrected chi connectivity index (χ4v) is 3.63. The topological polar surface area (TPSA) is 105 Å². The molecular formula is C20H20N2O5S. The van der Waals surface area contributed by atoms with Crippen LogP contribution in [-0.2, 0) is 10.0 Å². The minimum atomic E-state index is -3.85. The molecule has 1 amide bonds. The van der Waals surface area contributed by atoms with Gasteiger partial charge in [-0.1, -0.05) is 0 Å². The molecule has 3 rings (SSSR count). The van der Waals surface area contributed by atoms with E-state index in [4.69, 9.17) is 4.42 Å². The van der Waals surface area contributed by atoms with Crippen molar-refractivity contribution in [3.05, 3.63) is 70.6 Å². The van der Waals surface area contributed by atoms with Crippen molar-refractivity contribution in [2.75, 3.05) is 4.72 Å². The van der Waals surface area contributed by atoms with Crippen LogP contribution in [0.25, 0.3) is 11.0 Å². The number of rotatable bonds is 4. The molecule has 0 bridgehead atoms. The summed E-state index contributed by atoms with van der Waals surface area (Å²) in [6.45, 7) is 5.63. The van der Waals surface area contributed by atoms with Crippen molar-refractivity contribution in [2.45, 2.75) is 31.2 Å². The quantitative estimate of drug-likeness (QED) is 0.655. The van der Waals surface area contributed by atoms with Crippen LogP contribution < -0.4 is 15.7 Å². The molecular weight excluding hydrogens is 380 g/mol. The molecule has 0 spiro atoms. The molecule has 0 saturated heterocycles. The molecule has 2 N–H and O–H groups in total.